The number of likely N-dealkylation sites (N-methyl/N-ethyl adjacent to an activating group) is 1. The Morgan fingerprint density at radius 1 is 1.45 bits per heavy atom. The Kier molecular flexibility index (Phi) is 5.33. The largest absolute Gasteiger partial charge is 0.374 e. The molecular formula is C20H27N7O2. The maximum atomic E-state index is 12.9. The van der Waals surface area contributed by atoms with E-state index in [9.17, 15) is 4.79 Å². The number of hydrogen-bond donors (Lipinski definition) is 2. The predicted octanol–water partition coefficient (Wildman–Crippen LogP) is 1.61. The lowest BCUT2D eigenvalue weighted by molar-refractivity contribution is -0.0175. The molecule has 2 N–H and O–H groups in total. The van der Waals surface area contributed by atoms with Gasteiger partial charge in [0.1, 0.15) is 12.0 Å². The molecule has 1 unspecified atom stereocenters. The molecule has 1 aliphatic heterocycles. The Labute approximate surface area is 169 Å². The summed E-state index contributed by atoms with van der Waals surface area (Å²) in [7, 11) is 2.06. The Morgan fingerprint density at radius 3 is 3.03 bits per heavy atom. The third-order valence-electron chi connectivity index (χ3n) is 5.27. The summed E-state index contributed by atoms with van der Waals surface area (Å²) in [5.41, 5.74) is 4.86. The van der Waals surface area contributed by atoms with Gasteiger partial charge in [-0.2, -0.15) is 10.2 Å². The Balaban J connectivity index is 1.59. The molecule has 4 heterocycles. The molecule has 1 fully saturated rings. The highest BCUT2D eigenvalue weighted by Gasteiger charge is 2.25. The number of pyridine rings is 1. The number of H-pyrrole nitrogens is 1. The van der Waals surface area contributed by atoms with E-state index in [2.05, 4.69) is 51.4 Å². The lowest BCUT2D eigenvalue weighted by Crippen LogP contribution is -2.46. The van der Waals surface area contributed by atoms with Crippen molar-refractivity contribution < 1.29 is 9.53 Å². The van der Waals surface area contributed by atoms with Crippen molar-refractivity contribution >= 4 is 11.6 Å². The van der Waals surface area contributed by atoms with Gasteiger partial charge >= 0.3 is 0 Å². The summed E-state index contributed by atoms with van der Waals surface area (Å²) in [5.74, 6) is -0.0452. The number of rotatable bonds is 5. The molecule has 0 radical (unpaired) electrons. The number of morpholine rings is 1. The molecule has 29 heavy (non-hydrogen) atoms. The SMILES string of the molecule is Cc1cc(-c2n[nH]c(C(=O)NCC3CN(C)CCO3)c2C(C)C)cn2ncnc12. The normalized spacial score (nSPS) is 17.9. The van der Waals surface area contributed by atoms with Gasteiger partial charge in [0.2, 0.25) is 0 Å². The second-order valence-corrected chi connectivity index (χ2v) is 7.92. The number of aromatic amines is 1. The highest BCUT2D eigenvalue weighted by atomic mass is 16.5. The van der Waals surface area contributed by atoms with Crippen LogP contribution in [-0.4, -0.2) is 75.0 Å². The first-order valence-corrected chi connectivity index (χ1v) is 9.91. The zero-order valence-electron chi connectivity index (χ0n) is 17.3. The van der Waals surface area contributed by atoms with E-state index in [0.717, 1.165) is 41.1 Å². The maximum Gasteiger partial charge on any atom is 0.269 e. The molecule has 1 amide bonds. The number of ether oxygens (including phenoxy) is 1. The molecule has 4 rings (SSSR count). The van der Waals surface area contributed by atoms with Crippen LogP contribution < -0.4 is 5.32 Å². The first kappa shape index (κ1) is 19.5. The number of carbonyl (C=O) groups excluding carboxylic acids is 1. The predicted molar refractivity (Wildman–Crippen MR) is 109 cm³/mol. The monoisotopic (exact) mass is 397 g/mol. The van der Waals surface area contributed by atoms with Crippen molar-refractivity contribution in [2.75, 3.05) is 33.3 Å². The van der Waals surface area contributed by atoms with Gasteiger partial charge in [0.15, 0.2) is 5.65 Å². The number of aromatic nitrogens is 5. The molecule has 9 heteroatoms. The van der Waals surface area contributed by atoms with Gasteiger partial charge in [-0.25, -0.2) is 9.50 Å². The summed E-state index contributed by atoms with van der Waals surface area (Å²) < 4.78 is 7.47. The number of fused-ring (bicyclic) bond motifs is 1. The molecule has 1 saturated heterocycles. The Bertz CT molecular complexity index is 1020. The lowest BCUT2D eigenvalue weighted by Gasteiger charge is -2.30. The van der Waals surface area contributed by atoms with Gasteiger partial charge in [-0.05, 0) is 31.5 Å². The summed E-state index contributed by atoms with van der Waals surface area (Å²) in [5, 5.41) is 14.7. The molecule has 154 valence electrons. The fourth-order valence-electron chi connectivity index (χ4n) is 3.81. The minimum atomic E-state index is -0.164. The van der Waals surface area contributed by atoms with Gasteiger partial charge in [-0.3, -0.25) is 9.89 Å². The van der Waals surface area contributed by atoms with Gasteiger partial charge in [0.25, 0.3) is 5.91 Å². The molecule has 3 aromatic heterocycles. The fourth-order valence-corrected chi connectivity index (χ4v) is 3.81. The summed E-state index contributed by atoms with van der Waals surface area (Å²) in [6.45, 7) is 9.00. The molecule has 0 aliphatic carbocycles. The molecule has 0 saturated carbocycles. The van der Waals surface area contributed by atoms with Gasteiger partial charge in [0, 0.05) is 37.0 Å². The van der Waals surface area contributed by atoms with Crippen LogP contribution in [0.2, 0.25) is 0 Å². The average molecular weight is 397 g/mol. The standard InChI is InChI=1S/C20H27N7O2/c1-12(2)16-17(14-7-13(3)19-22-11-23-27(19)9-14)24-25-18(16)20(28)21-8-15-10-26(4)5-6-29-15/h7,9,11-12,15H,5-6,8,10H2,1-4H3,(H,21,28)(H,24,25). The first-order chi connectivity index (χ1) is 13.9. The maximum absolute atomic E-state index is 12.9. The van der Waals surface area contributed by atoms with E-state index in [0.29, 0.717) is 18.8 Å². The zero-order chi connectivity index (χ0) is 20.5. The quantitative estimate of drug-likeness (QED) is 0.678. The van der Waals surface area contributed by atoms with Gasteiger partial charge in [-0.1, -0.05) is 13.8 Å². The number of hydrogen-bond acceptors (Lipinski definition) is 6. The molecular weight excluding hydrogens is 370 g/mol. The van der Waals surface area contributed by atoms with E-state index in [1.807, 2.05) is 19.2 Å². The van der Waals surface area contributed by atoms with E-state index >= 15 is 0 Å². The molecule has 3 aromatic rings. The van der Waals surface area contributed by atoms with Crippen molar-refractivity contribution in [2.24, 2.45) is 0 Å². The molecule has 0 bridgehead atoms. The fraction of sp³-hybridized carbons (Fsp3) is 0.500. The smallest absolute Gasteiger partial charge is 0.269 e. The van der Waals surface area contributed by atoms with Crippen molar-refractivity contribution in [3.05, 3.63) is 35.4 Å². The number of aryl methyl sites for hydroxylation is 1. The van der Waals surface area contributed by atoms with Crippen molar-refractivity contribution in [3.8, 4) is 11.3 Å². The van der Waals surface area contributed by atoms with Gasteiger partial charge in [0.05, 0.1) is 18.4 Å². The van der Waals surface area contributed by atoms with Crippen LogP contribution in [0.1, 0.15) is 41.4 Å². The van der Waals surface area contributed by atoms with Crippen LogP contribution >= 0.6 is 0 Å². The second-order valence-electron chi connectivity index (χ2n) is 7.92. The summed E-state index contributed by atoms with van der Waals surface area (Å²) >= 11 is 0. The molecule has 1 aliphatic rings. The van der Waals surface area contributed by atoms with Crippen LogP contribution in [0.25, 0.3) is 16.9 Å². The Hall–Kier alpha value is -2.78. The third-order valence-corrected chi connectivity index (χ3v) is 5.27. The van der Waals surface area contributed by atoms with E-state index in [1.165, 1.54) is 6.33 Å². The molecule has 9 nitrogen and oxygen atoms in total. The number of nitrogens with one attached hydrogen (secondary N) is 2. The number of amides is 1. The van der Waals surface area contributed by atoms with E-state index in [4.69, 9.17) is 4.74 Å². The van der Waals surface area contributed by atoms with Crippen molar-refractivity contribution in [1.29, 1.82) is 0 Å². The second kappa shape index (κ2) is 7.92. The van der Waals surface area contributed by atoms with Crippen LogP contribution in [0, 0.1) is 6.92 Å². The minimum Gasteiger partial charge on any atom is -0.374 e. The first-order valence-electron chi connectivity index (χ1n) is 9.91. The molecule has 0 aromatic carbocycles. The number of nitrogens with zero attached hydrogens (tertiary/aromatic N) is 5. The topological polar surface area (TPSA) is 100 Å². The van der Waals surface area contributed by atoms with Crippen LogP contribution in [0.15, 0.2) is 18.6 Å². The lowest BCUT2D eigenvalue weighted by atomic mass is 9.96. The third kappa shape index (κ3) is 3.88. The van der Waals surface area contributed by atoms with E-state index < -0.39 is 0 Å². The minimum absolute atomic E-state index is 0.0000334. The van der Waals surface area contributed by atoms with Crippen LogP contribution in [0.5, 0.6) is 0 Å². The summed E-state index contributed by atoms with van der Waals surface area (Å²) in [6, 6.07) is 2.03. The van der Waals surface area contributed by atoms with Crippen LogP contribution in [0.4, 0.5) is 0 Å². The van der Waals surface area contributed by atoms with Gasteiger partial charge < -0.3 is 15.0 Å². The molecule has 0 spiro atoms. The van der Waals surface area contributed by atoms with E-state index in [1.54, 1.807) is 4.52 Å². The summed E-state index contributed by atoms with van der Waals surface area (Å²) in [4.78, 5) is 19.4. The highest BCUT2D eigenvalue weighted by Crippen LogP contribution is 2.31. The van der Waals surface area contributed by atoms with Gasteiger partial charge in [-0.15, -0.1) is 0 Å². The van der Waals surface area contributed by atoms with Crippen molar-refractivity contribution in [1.82, 2.24) is 35.0 Å². The zero-order valence-corrected chi connectivity index (χ0v) is 17.3. The summed E-state index contributed by atoms with van der Waals surface area (Å²) in [6.07, 6.45) is 3.42. The van der Waals surface area contributed by atoms with Crippen molar-refractivity contribution in [3.63, 3.8) is 0 Å². The Morgan fingerprint density at radius 2 is 2.28 bits per heavy atom. The highest BCUT2D eigenvalue weighted by molar-refractivity contribution is 5.95. The molecule has 1 atom stereocenters. The van der Waals surface area contributed by atoms with Crippen LogP contribution in [0.3, 0.4) is 0 Å². The van der Waals surface area contributed by atoms with Crippen LogP contribution in [-0.2, 0) is 4.74 Å². The number of carbonyl (C=O) groups is 1. The van der Waals surface area contributed by atoms with E-state index in [-0.39, 0.29) is 17.9 Å². The van der Waals surface area contributed by atoms with Crippen molar-refractivity contribution in [2.45, 2.75) is 32.8 Å². The average Bonchev–Trinajstić information content (AvgIpc) is 3.33.